The van der Waals surface area contributed by atoms with Crippen molar-refractivity contribution in [3.8, 4) is 0 Å². The van der Waals surface area contributed by atoms with Crippen LogP contribution in [0, 0.1) is 12.3 Å². The van der Waals surface area contributed by atoms with Crippen molar-refractivity contribution in [1.29, 1.82) is 0 Å². The van der Waals surface area contributed by atoms with Gasteiger partial charge in [-0.3, -0.25) is 9.59 Å². The summed E-state index contributed by atoms with van der Waals surface area (Å²) >= 11 is 0. The van der Waals surface area contributed by atoms with E-state index in [1.807, 2.05) is 45.9 Å². The van der Waals surface area contributed by atoms with Crippen LogP contribution >= 0.6 is 0 Å². The molecule has 0 aliphatic carbocycles. The maximum absolute atomic E-state index is 12.8. The van der Waals surface area contributed by atoms with Gasteiger partial charge in [-0.05, 0) is 50.2 Å². The highest BCUT2D eigenvalue weighted by atomic mass is 16.2. The van der Waals surface area contributed by atoms with E-state index in [0.29, 0.717) is 12.1 Å². The van der Waals surface area contributed by atoms with E-state index in [4.69, 9.17) is 0 Å². The van der Waals surface area contributed by atoms with Gasteiger partial charge in [0.05, 0.1) is 6.33 Å². The van der Waals surface area contributed by atoms with Crippen molar-refractivity contribution in [1.82, 2.24) is 24.3 Å². The van der Waals surface area contributed by atoms with Gasteiger partial charge in [-0.1, -0.05) is 6.07 Å². The third-order valence-corrected chi connectivity index (χ3v) is 6.37. The average Bonchev–Trinajstić information content (AvgIpc) is 3.24. The van der Waals surface area contributed by atoms with E-state index in [2.05, 4.69) is 9.97 Å². The largest absolute Gasteiger partial charge is 0.342 e. The zero-order chi connectivity index (χ0) is 20.3. The monoisotopic (exact) mass is 395 g/mol. The van der Waals surface area contributed by atoms with E-state index in [9.17, 15) is 9.59 Å². The van der Waals surface area contributed by atoms with Gasteiger partial charge in [0.1, 0.15) is 5.69 Å². The zero-order valence-corrected chi connectivity index (χ0v) is 17.1. The molecule has 4 heterocycles. The van der Waals surface area contributed by atoms with Crippen molar-refractivity contribution >= 4 is 11.8 Å². The van der Waals surface area contributed by atoms with Gasteiger partial charge in [0.15, 0.2) is 0 Å². The zero-order valence-electron chi connectivity index (χ0n) is 17.1. The molecule has 0 unspecified atom stereocenters. The predicted molar refractivity (Wildman–Crippen MR) is 109 cm³/mol. The molecule has 29 heavy (non-hydrogen) atoms. The molecule has 2 aromatic heterocycles. The number of carbonyl (C=O) groups excluding carboxylic acids is 2. The second-order valence-corrected chi connectivity index (χ2v) is 8.43. The summed E-state index contributed by atoms with van der Waals surface area (Å²) in [6, 6.07) is 5.58. The number of amides is 2. The first-order chi connectivity index (χ1) is 14.0. The van der Waals surface area contributed by atoms with Gasteiger partial charge < -0.3 is 14.4 Å². The Hall–Kier alpha value is -2.70. The molecule has 2 amide bonds. The van der Waals surface area contributed by atoms with Crippen LogP contribution in [-0.4, -0.2) is 62.3 Å². The van der Waals surface area contributed by atoms with E-state index in [-0.39, 0.29) is 17.2 Å². The van der Waals surface area contributed by atoms with Crippen molar-refractivity contribution in [3.05, 3.63) is 48.3 Å². The van der Waals surface area contributed by atoms with Gasteiger partial charge in [-0.25, -0.2) is 9.97 Å². The number of pyridine rings is 1. The third kappa shape index (κ3) is 4.49. The van der Waals surface area contributed by atoms with E-state index in [0.717, 1.165) is 64.1 Å². The Kier molecular flexibility index (Phi) is 5.65. The Morgan fingerprint density at radius 2 is 2.00 bits per heavy atom. The van der Waals surface area contributed by atoms with Gasteiger partial charge in [0.2, 0.25) is 5.91 Å². The summed E-state index contributed by atoms with van der Waals surface area (Å²) in [7, 11) is 0. The molecule has 7 nitrogen and oxygen atoms in total. The summed E-state index contributed by atoms with van der Waals surface area (Å²) in [4.78, 5) is 37.6. The molecule has 0 radical (unpaired) electrons. The lowest BCUT2D eigenvalue weighted by Crippen LogP contribution is -2.52. The maximum Gasteiger partial charge on any atom is 0.272 e. The smallest absolute Gasteiger partial charge is 0.272 e. The van der Waals surface area contributed by atoms with Gasteiger partial charge in [-0.2, -0.15) is 0 Å². The van der Waals surface area contributed by atoms with E-state index >= 15 is 0 Å². The highest BCUT2D eigenvalue weighted by Crippen LogP contribution is 2.40. The Morgan fingerprint density at radius 3 is 2.72 bits per heavy atom. The normalized spacial score (nSPS) is 19.0. The van der Waals surface area contributed by atoms with E-state index < -0.39 is 0 Å². The summed E-state index contributed by atoms with van der Waals surface area (Å²) in [5.74, 6) is 0.288. The Bertz CT molecular complexity index is 856. The first-order valence-corrected chi connectivity index (χ1v) is 10.5. The van der Waals surface area contributed by atoms with Crippen molar-refractivity contribution in [3.63, 3.8) is 0 Å². The van der Waals surface area contributed by atoms with Gasteiger partial charge in [-0.15, -0.1) is 0 Å². The highest BCUT2D eigenvalue weighted by molar-refractivity contribution is 5.92. The predicted octanol–water partition coefficient (Wildman–Crippen LogP) is 2.52. The lowest BCUT2D eigenvalue weighted by molar-refractivity contribution is -0.139. The number of nitrogens with zero attached hydrogens (tertiary/aromatic N) is 5. The first-order valence-electron chi connectivity index (χ1n) is 10.5. The SMILES string of the molecule is Cc1cccc(C(=O)N2CCC3(CCC(=O)N(CCCn4ccnc4)C3)CC2)n1. The van der Waals surface area contributed by atoms with Gasteiger partial charge in [0, 0.05) is 57.2 Å². The minimum Gasteiger partial charge on any atom is -0.342 e. The van der Waals surface area contributed by atoms with Crippen LogP contribution in [0.4, 0.5) is 0 Å². The maximum atomic E-state index is 12.8. The topological polar surface area (TPSA) is 71.3 Å². The molecule has 1 spiro atoms. The molecule has 2 fully saturated rings. The minimum absolute atomic E-state index is 0.0209. The van der Waals surface area contributed by atoms with Crippen LogP contribution in [0.1, 0.15) is 48.3 Å². The fourth-order valence-electron chi connectivity index (χ4n) is 4.59. The second-order valence-electron chi connectivity index (χ2n) is 8.43. The van der Waals surface area contributed by atoms with Crippen LogP contribution < -0.4 is 0 Å². The molecule has 0 saturated carbocycles. The molecule has 0 atom stereocenters. The third-order valence-electron chi connectivity index (χ3n) is 6.37. The number of likely N-dealkylation sites (tertiary alicyclic amines) is 2. The number of aryl methyl sites for hydroxylation is 2. The number of imidazole rings is 1. The lowest BCUT2D eigenvalue weighted by atomic mass is 9.72. The standard InChI is InChI=1S/C22H29N5O2/c1-18-4-2-5-19(24-18)21(29)26-13-8-22(9-14-26)7-6-20(28)27(16-22)12-3-11-25-15-10-23-17-25/h2,4-5,10,15,17H,3,6-9,11-14,16H2,1H3. The van der Waals surface area contributed by atoms with Crippen LogP contribution in [0.25, 0.3) is 0 Å². The molecule has 2 aromatic rings. The number of carbonyl (C=O) groups is 2. The highest BCUT2D eigenvalue weighted by Gasteiger charge is 2.41. The number of hydrogen-bond acceptors (Lipinski definition) is 4. The van der Waals surface area contributed by atoms with Gasteiger partial charge >= 0.3 is 0 Å². The van der Waals surface area contributed by atoms with Gasteiger partial charge in [0.25, 0.3) is 5.91 Å². The molecular formula is C22H29N5O2. The quantitative estimate of drug-likeness (QED) is 0.780. The minimum atomic E-state index is 0.0209. The van der Waals surface area contributed by atoms with E-state index in [1.54, 1.807) is 12.3 Å². The summed E-state index contributed by atoms with van der Waals surface area (Å²) in [5.41, 5.74) is 1.54. The van der Waals surface area contributed by atoms with E-state index in [1.165, 1.54) is 0 Å². The fourth-order valence-corrected chi connectivity index (χ4v) is 4.59. The second kappa shape index (κ2) is 8.35. The van der Waals surface area contributed by atoms with Crippen LogP contribution in [0.3, 0.4) is 0 Å². The van der Waals surface area contributed by atoms with Crippen LogP contribution in [0.5, 0.6) is 0 Å². The number of hydrogen-bond donors (Lipinski definition) is 0. The molecular weight excluding hydrogens is 366 g/mol. The Morgan fingerprint density at radius 1 is 1.17 bits per heavy atom. The molecule has 2 saturated heterocycles. The van der Waals surface area contributed by atoms with Crippen molar-refractivity contribution < 1.29 is 9.59 Å². The lowest BCUT2D eigenvalue weighted by Gasteiger charge is -2.47. The molecule has 7 heteroatoms. The average molecular weight is 396 g/mol. The molecule has 0 N–H and O–H groups in total. The molecule has 4 rings (SSSR count). The van der Waals surface area contributed by atoms with Crippen LogP contribution in [0.2, 0.25) is 0 Å². The fraction of sp³-hybridized carbons (Fsp3) is 0.545. The summed E-state index contributed by atoms with van der Waals surface area (Å²) in [6.45, 7) is 5.87. The first kappa shape index (κ1) is 19.6. The molecule has 2 aliphatic rings. The summed E-state index contributed by atoms with van der Waals surface area (Å²) in [5, 5.41) is 0. The summed E-state index contributed by atoms with van der Waals surface area (Å²) < 4.78 is 2.05. The molecule has 0 bridgehead atoms. The van der Waals surface area contributed by atoms with Crippen LogP contribution in [0.15, 0.2) is 36.9 Å². The Balaban J connectivity index is 1.32. The number of rotatable bonds is 5. The molecule has 2 aliphatic heterocycles. The molecule has 0 aromatic carbocycles. The molecule has 154 valence electrons. The van der Waals surface area contributed by atoms with Crippen molar-refractivity contribution in [2.75, 3.05) is 26.2 Å². The van der Waals surface area contributed by atoms with Crippen molar-refractivity contribution in [2.24, 2.45) is 5.41 Å². The Labute approximate surface area is 171 Å². The number of piperidine rings is 2. The van der Waals surface area contributed by atoms with Crippen LogP contribution in [-0.2, 0) is 11.3 Å². The van der Waals surface area contributed by atoms with Crippen molar-refractivity contribution in [2.45, 2.75) is 45.6 Å². The summed E-state index contributed by atoms with van der Waals surface area (Å²) in [6.07, 6.45) is 9.95. The number of aromatic nitrogens is 3.